The smallest absolute Gasteiger partial charge is 0.248 e. The van der Waals surface area contributed by atoms with Gasteiger partial charge in [-0.2, -0.15) is 0 Å². The molecule has 1 aliphatic heterocycles. The van der Waals surface area contributed by atoms with E-state index in [-0.39, 0.29) is 5.91 Å². The van der Waals surface area contributed by atoms with Crippen molar-refractivity contribution >= 4 is 17.5 Å². The van der Waals surface area contributed by atoms with Crippen LogP contribution in [0.15, 0.2) is 18.2 Å². The van der Waals surface area contributed by atoms with Crippen LogP contribution in [0.5, 0.6) is 0 Å². The van der Waals surface area contributed by atoms with Crippen molar-refractivity contribution in [3.05, 3.63) is 29.3 Å². The molecule has 1 heterocycles. The molecule has 5 nitrogen and oxygen atoms in total. The van der Waals surface area contributed by atoms with Gasteiger partial charge in [-0.1, -0.05) is 6.07 Å². The summed E-state index contributed by atoms with van der Waals surface area (Å²) in [5, 5.41) is 0. The Balaban J connectivity index is 1.70. The number of fused-ring (bicyclic) bond motifs is 1. The molecule has 0 atom stereocenters. The topological polar surface area (TPSA) is 89.4 Å². The summed E-state index contributed by atoms with van der Waals surface area (Å²) in [4.78, 5) is 25.8. The summed E-state index contributed by atoms with van der Waals surface area (Å²) < 4.78 is 0. The molecule has 1 fully saturated rings. The monoisotopic (exact) mass is 301 g/mol. The lowest BCUT2D eigenvalue weighted by Gasteiger charge is -2.27. The first kappa shape index (κ1) is 15.0. The highest BCUT2D eigenvalue weighted by atomic mass is 16.2. The van der Waals surface area contributed by atoms with Gasteiger partial charge in [-0.05, 0) is 55.7 Å². The van der Waals surface area contributed by atoms with E-state index in [1.807, 2.05) is 11.0 Å². The summed E-state index contributed by atoms with van der Waals surface area (Å²) in [6, 6.07) is 5.69. The first-order chi connectivity index (χ1) is 10.5. The van der Waals surface area contributed by atoms with Gasteiger partial charge in [0.1, 0.15) is 0 Å². The lowest BCUT2D eigenvalue weighted by Crippen LogP contribution is -2.33. The molecule has 2 aliphatic rings. The molecular weight excluding hydrogens is 278 g/mol. The van der Waals surface area contributed by atoms with Crippen LogP contribution < -0.4 is 16.4 Å². The molecule has 5 heteroatoms. The van der Waals surface area contributed by atoms with E-state index in [1.54, 1.807) is 12.1 Å². The van der Waals surface area contributed by atoms with E-state index < -0.39 is 5.91 Å². The predicted octanol–water partition coefficient (Wildman–Crippen LogP) is 1.58. The summed E-state index contributed by atoms with van der Waals surface area (Å²) in [6.45, 7) is 0.697. The van der Waals surface area contributed by atoms with E-state index in [2.05, 4.69) is 0 Å². The summed E-state index contributed by atoms with van der Waals surface area (Å²) >= 11 is 0. The van der Waals surface area contributed by atoms with Crippen LogP contribution in [0, 0.1) is 5.92 Å². The summed E-state index contributed by atoms with van der Waals surface area (Å²) in [5.41, 5.74) is 13.7. The van der Waals surface area contributed by atoms with Gasteiger partial charge < -0.3 is 16.4 Å². The number of rotatable bonds is 3. The molecule has 0 radical (unpaired) electrons. The SMILES string of the molecule is NC(=O)c1ccc2c(c1)N(C(=O)CC1CCC(N)CC1)CC2. The molecular formula is C17H23N3O2. The zero-order chi connectivity index (χ0) is 15.7. The Labute approximate surface area is 130 Å². The maximum atomic E-state index is 12.6. The third-order valence-electron chi connectivity index (χ3n) is 4.92. The normalized spacial score (nSPS) is 24.1. The van der Waals surface area contributed by atoms with Crippen molar-refractivity contribution in [2.45, 2.75) is 44.6 Å². The van der Waals surface area contributed by atoms with Crippen LogP contribution in [-0.4, -0.2) is 24.4 Å². The molecule has 2 amide bonds. The lowest BCUT2D eigenvalue weighted by molar-refractivity contribution is -0.119. The largest absolute Gasteiger partial charge is 0.366 e. The van der Waals surface area contributed by atoms with E-state index >= 15 is 0 Å². The van der Waals surface area contributed by atoms with E-state index in [0.29, 0.717) is 30.5 Å². The Bertz CT molecular complexity index is 592. The second kappa shape index (κ2) is 6.08. The minimum atomic E-state index is -0.455. The number of nitrogens with zero attached hydrogens (tertiary/aromatic N) is 1. The number of carbonyl (C=O) groups is 2. The maximum Gasteiger partial charge on any atom is 0.248 e. The van der Waals surface area contributed by atoms with Crippen molar-refractivity contribution in [3.63, 3.8) is 0 Å². The molecule has 1 aromatic rings. The van der Waals surface area contributed by atoms with Crippen LogP contribution >= 0.6 is 0 Å². The molecule has 1 saturated carbocycles. The van der Waals surface area contributed by atoms with Gasteiger partial charge in [0.05, 0.1) is 0 Å². The van der Waals surface area contributed by atoms with Crippen molar-refractivity contribution in [2.75, 3.05) is 11.4 Å². The third kappa shape index (κ3) is 2.99. The van der Waals surface area contributed by atoms with E-state index in [4.69, 9.17) is 11.5 Å². The number of anilines is 1. The fourth-order valence-electron chi connectivity index (χ4n) is 3.54. The lowest BCUT2D eigenvalue weighted by atomic mass is 9.84. The van der Waals surface area contributed by atoms with Gasteiger partial charge in [0, 0.05) is 30.3 Å². The van der Waals surface area contributed by atoms with Gasteiger partial charge >= 0.3 is 0 Å². The van der Waals surface area contributed by atoms with Crippen molar-refractivity contribution in [3.8, 4) is 0 Å². The molecule has 0 aromatic heterocycles. The fraction of sp³-hybridized carbons (Fsp3) is 0.529. The Hall–Kier alpha value is -1.88. The Morgan fingerprint density at radius 2 is 1.91 bits per heavy atom. The van der Waals surface area contributed by atoms with Crippen molar-refractivity contribution in [1.82, 2.24) is 0 Å². The first-order valence-corrected chi connectivity index (χ1v) is 8.03. The zero-order valence-electron chi connectivity index (χ0n) is 12.8. The summed E-state index contributed by atoms with van der Waals surface area (Å²) in [6.07, 6.45) is 5.52. The average molecular weight is 301 g/mol. The fourth-order valence-corrected chi connectivity index (χ4v) is 3.54. The summed E-state index contributed by atoms with van der Waals surface area (Å²) in [5.74, 6) is 0.139. The number of hydrogen-bond acceptors (Lipinski definition) is 3. The highest BCUT2D eigenvalue weighted by Crippen LogP contribution is 2.32. The van der Waals surface area contributed by atoms with Gasteiger partial charge in [-0.3, -0.25) is 9.59 Å². The van der Waals surface area contributed by atoms with Crippen LogP contribution in [0.1, 0.15) is 48.0 Å². The predicted molar refractivity (Wildman–Crippen MR) is 85.6 cm³/mol. The Morgan fingerprint density at radius 3 is 2.59 bits per heavy atom. The Morgan fingerprint density at radius 1 is 1.18 bits per heavy atom. The summed E-state index contributed by atoms with van der Waals surface area (Å²) in [7, 11) is 0. The highest BCUT2D eigenvalue weighted by molar-refractivity contribution is 5.99. The van der Waals surface area contributed by atoms with Crippen LogP contribution in [0.2, 0.25) is 0 Å². The minimum absolute atomic E-state index is 0.154. The zero-order valence-corrected chi connectivity index (χ0v) is 12.8. The molecule has 0 bridgehead atoms. The average Bonchev–Trinajstić information content (AvgIpc) is 2.92. The van der Waals surface area contributed by atoms with E-state index in [0.717, 1.165) is 43.4 Å². The Kier molecular flexibility index (Phi) is 4.16. The quantitative estimate of drug-likeness (QED) is 0.888. The molecule has 0 spiro atoms. The van der Waals surface area contributed by atoms with Gasteiger partial charge in [0.2, 0.25) is 11.8 Å². The van der Waals surface area contributed by atoms with Gasteiger partial charge in [0.15, 0.2) is 0 Å². The van der Waals surface area contributed by atoms with Crippen molar-refractivity contribution in [2.24, 2.45) is 17.4 Å². The number of hydrogen-bond donors (Lipinski definition) is 2. The molecule has 118 valence electrons. The molecule has 4 N–H and O–H groups in total. The number of benzene rings is 1. The first-order valence-electron chi connectivity index (χ1n) is 8.03. The number of carbonyl (C=O) groups excluding carboxylic acids is 2. The van der Waals surface area contributed by atoms with Gasteiger partial charge in [0.25, 0.3) is 0 Å². The van der Waals surface area contributed by atoms with Crippen LogP contribution in [-0.2, 0) is 11.2 Å². The molecule has 1 aliphatic carbocycles. The number of nitrogens with two attached hydrogens (primary N) is 2. The van der Waals surface area contributed by atoms with Crippen LogP contribution in [0.3, 0.4) is 0 Å². The number of primary amides is 1. The molecule has 0 unspecified atom stereocenters. The molecule has 1 aromatic carbocycles. The second-order valence-electron chi connectivity index (χ2n) is 6.49. The van der Waals surface area contributed by atoms with Gasteiger partial charge in [-0.25, -0.2) is 0 Å². The minimum Gasteiger partial charge on any atom is -0.366 e. The van der Waals surface area contributed by atoms with Crippen molar-refractivity contribution < 1.29 is 9.59 Å². The molecule has 22 heavy (non-hydrogen) atoms. The van der Waals surface area contributed by atoms with Crippen molar-refractivity contribution in [1.29, 1.82) is 0 Å². The molecule has 0 saturated heterocycles. The highest BCUT2D eigenvalue weighted by Gasteiger charge is 2.28. The van der Waals surface area contributed by atoms with Crippen LogP contribution in [0.25, 0.3) is 0 Å². The second-order valence-corrected chi connectivity index (χ2v) is 6.49. The molecule has 3 rings (SSSR count). The third-order valence-corrected chi connectivity index (χ3v) is 4.92. The maximum absolute atomic E-state index is 12.6. The number of amides is 2. The van der Waals surface area contributed by atoms with Crippen LogP contribution in [0.4, 0.5) is 5.69 Å². The van der Waals surface area contributed by atoms with E-state index in [1.165, 1.54) is 0 Å². The van der Waals surface area contributed by atoms with E-state index in [9.17, 15) is 9.59 Å². The van der Waals surface area contributed by atoms with Gasteiger partial charge in [-0.15, -0.1) is 0 Å². The standard InChI is InChI=1S/C17H23N3O2/c18-14-5-1-11(2-6-14)9-16(21)20-8-7-12-3-4-13(17(19)22)10-15(12)20/h3-4,10-11,14H,1-2,5-9,18H2,(H2,19,22).